The second-order valence-corrected chi connectivity index (χ2v) is 6.87. The van der Waals surface area contributed by atoms with Gasteiger partial charge in [0.2, 0.25) is 5.95 Å². The summed E-state index contributed by atoms with van der Waals surface area (Å²) in [5.41, 5.74) is 1.33. The molecule has 0 radical (unpaired) electrons. The number of amides is 1. The van der Waals surface area contributed by atoms with E-state index in [0.717, 1.165) is 5.56 Å². The Morgan fingerprint density at radius 2 is 1.97 bits per heavy atom. The lowest BCUT2D eigenvalue weighted by Gasteiger charge is -2.39. The van der Waals surface area contributed by atoms with Gasteiger partial charge in [-0.2, -0.15) is 13.2 Å². The van der Waals surface area contributed by atoms with Gasteiger partial charge in [-0.3, -0.25) is 4.79 Å². The molecule has 2 unspecified atom stereocenters. The minimum Gasteiger partial charge on any atom is -0.494 e. The van der Waals surface area contributed by atoms with Crippen LogP contribution in [0, 0.1) is 12.7 Å². The van der Waals surface area contributed by atoms with Crippen LogP contribution in [0.4, 0.5) is 23.5 Å². The number of nitrogens with zero attached hydrogens (tertiary/aromatic N) is 3. The van der Waals surface area contributed by atoms with Crippen LogP contribution in [0.5, 0.6) is 5.75 Å². The first kappa shape index (κ1) is 20.8. The van der Waals surface area contributed by atoms with Crippen LogP contribution in [-0.4, -0.2) is 48.3 Å². The van der Waals surface area contributed by atoms with Crippen LogP contribution in [0.3, 0.4) is 0 Å². The summed E-state index contributed by atoms with van der Waals surface area (Å²) in [6, 6.07) is 3.34. The Morgan fingerprint density at radius 3 is 2.55 bits per heavy atom. The number of anilines is 1. The number of aryl methyl sites for hydroxylation is 1. The van der Waals surface area contributed by atoms with E-state index in [9.17, 15) is 22.4 Å². The number of alkyl halides is 3. The first-order valence-corrected chi connectivity index (χ1v) is 8.93. The van der Waals surface area contributed by atoms with E-state index in [-0.39, 0.29) is 12.3 Å². The molecule has 1 amide bonds. The molecule has 2 atom stereocenters. The number of nitrogens with one attached hydrogen (secondary N) is 1. The molecule has 1 fully saturated rings. The summed E-state index contributed by atoms with van der Waals surface area (Å²) in [5.74, 6) is -2.76. The average Bonchev–Trinajstić information content (AvgIpc) is 2.67. The molecule has 29 heavy (non-hydrogen) atoms. The van der Waals surface area contributed by atoms with Gasteiger partial charge in [-0.1, -0.05) is 6.07 Å². The van der Waals surface area contributed by atoms with Crippen molar-refractivity contribution in [2.24, 2.45) is 0 Å². The molecule has 156 valence electrons. The van der Waals surface area contributed by atoms with Gasteiger partial charge >= 0.3 is 12.1 Å². The Kier molecular flexibility index (Phi) is 5.90. The van der Waals surface area contributed by atoms with Crippen LogP contribution in [-0.2, 0) is 4.79 Å². The van der Waals surface area contributed by atoms with Crippen molar-refractivity contribution >= 4 is 11.9 Å². The molecule has 2 heterocycles. The quantitative estimate of drug-likeness (QED) is 0.783. The Morgan fingerprint density at radius 1 is 1.28 bits per heavy atom. The van der Waals surface area contributed by atoms with Gasteiger partial charge in [-0.05, 0) is 36.6 Å². The minimum atomic E-state index is -5.02. The topological polar surface area (TPSA) is 67.3 Å². The summed E-state index contributed by atoms with van der Waals surface area (Å²) in [7, 11) is 1.32. The van der Waals surface area contributed by atoms with Crippen molar-refractivity contribution in [3.63, 3.8) is 0 Å². The van der Waals surface area contributed by atoms with Crippen molar-refractivity contribution in [1.82, 2.24) is 15.3 Å². The highest BCUT2D eigenvalue weighted by Gasteiger charge is 2.42. The van der Waals surface area contributed by atoms with E-state index in [1.54, 1.807) is 23.4 Å². The third-order valence-corrected chi connectivity index (χ3v) is 4.84. The van der Waals surface area contributed by atoms with Crippen molar-refractivity contribution in [2.45, 2.75) is 31.5 Å². The van der Waals surface area contributed by atoms with Gasteiger partial charge in [0.05, 0.1) is 13.2 Å². The fourth-order valence-corrected chi connectivity index (χ4v) is 3.39. The molecule has 0 aliphatic carbocycles. The third-order valence-electron chi connectivity index (χ3n) is 4.84. The molecule has 1 aromatic heterocycles. The Balaban J connectivity index is 1.87. The molecule has 1 aromatic carbocycles. The fourth-order valence-electron chi connectivity index (χ4n) is 3.39. The number of aromatic nitrogens is 2. The zero-order chi connectivity index (χ0) is 21.2. The number of hydrogen-bond acceptors (Lipinski definition) is 5. The van der Waals surface area contributed by atoms with Crippen LogP contribution < -0.4 is 15.0 Å². The highest BCUT2D eigenvalue weighted by Crippen LogP contribution is 2.32. The molecule has 1 aliphatic rings. The number of rotatable bonds is 4. The minimum absolute atomic E-state index is 0.0371. The monoisotopic (exact) mass is 412 g/mol. The highest BCUT2D eigenvalue weighted by molar-refractivity contribution is 5.82. The molecule has 2 aromatic rings. The summed E-state index contributed by atoms with van der Waals surface area (Å²) >= 11 is 0. The second-order valence-electron chi connectivity index (χ2n) is 6.87. The van der Waals surface area contributed by atoms with E-state index in [2.05, 4.69) is 15.3 Å². The molecule has 0 spiro atoms. The lowest BCUT2D eigenvalue weighted by molar-refractivity contribution is -0.174. The van der Waals surface area contributed by atoms with Crippen molar-refractivity contribution in [2.75, 3.05) is 25.1 Å². The van der Waals surface area contributed by atoms with Gasteiger partial charge in [0.25, 0.3) is 0 Å². The molecule has 1 N–H and O–H groups in total. The van der Waals surface area contributed by atoms with E-state index in [0.29, 0.717) is 24.5 Å². The molecular formula is C19H20F4N4O2. The van der Waals surface area contributed by atoms with Gasteiger partial charge in [0.1, 0.15) is 0 Å². The summed E-state index contributed by atoms with van der Waals surface area (Å²) in [5, 5.41) is 2.05. The van der Waals surface area contributed by atoms with Crippen LogP contribution in [0.15, 0.2) is 30.6 Å². The number of carbonyl (C=O) groups excluding carboxylic acids is 1. The Bertz CT molecular complexity index is 874. The van der Waals surface area contributed by atoms with E-state index < -0.39 is 29.9 Å². The molecule has 6 nitrogen and oxygen atoms in total. The SMILES string of the molecule is COc1ccc(C2CCN(c3ncc(C)cn3)CC2NC(=O)C(F)(F)F)cc1F. The number of halogens is 4. The van der Waals surface area contributed by atoms with Gasteiger partial charge in [-0.25, -0.2) is 14.4 Å². The summed E-state index contributed by atoms with van der Waals surface area (Å²) in [6.07, 6.45) is -1.42. The maximum Gasteiger partial charge on any atom is 0.471 e. The fraction of sp³-hybridized carbons (Fsp3) is 0.421. The first-order valence-electron chi connectivity index (χ1n) is 8.93. The van der Waals surface area contributed by atoms with Crippen LogP contribution in [0.2, 0.25) is 0 Å². The number of piperidine rings is 1. The van der Waals surface area contributed by atoms with E-state index in [4.69, 9.17) is 4.74 Å². The largest absolute Gasteiger partial charge is 0.494 e. The van der Waals surface area contributed by atoms with E-state index in [1.807, 2.05) is 6.92 Å². The van der Waals surface area contributed by atoms with Gasteiger partial charge in [0, 0.05) is 31.4 Å². The predicted octanol–water partition coefficient (Wildman–Crippen LogP) is 2.97. The maximum atomic E-state index is 14.1. The standard InChI is InChI=1S/C19H20F4N4O2/c1-11-8-24-18(25-9-11)27-6-5-13(12-3-4-16(29-2)14(20)7-12)15(10-27)26-17(28)19(21,22)23/h3-4,7-9,13,15H,5-6,10H2,1-2H3,(H,26,28). The van der Waals surface area contributed by atoms with Gasteiger partial charge < -0.3 is 15.0 Å². The molecule has 1 aliphatic heterocycles. The van der Waals surface area contributed by atoms with Crippen molar-refractivity contribution in [3.05, 3.63) is 47.5 Å². The predicted molar refractivity (Wildman–Crippen MR) is 97.3 cm³/mol. The normalized spacial score (nSPS) is 19.7. The third kappa shape index (κ3) is 4.75. The lowest BCUT2D eigenvalue weighted by atomic mass is 9.85. The molecule has 0 bridgehead atoms. The van der Waals surface area contributed by atoms with Gasteiger partial charge in [0.15, 0.2) is 11.6 Å². The van der Waals surface area contributed by atoms with E-state index in [1.165, 1.54) is 19.2 Å². The average molecular weight is 412 g/mol. The summed E-state index contributed by atoms with van der Waals surface area (Å²) < 4.78 is 57.5. The van der Waals surface area contributed by atoms with Crippen molar-refractivity contribution < 1.29 is 27.1 Å². The molecule has 3 rings (SSSR count). The van der Waals surface area contributed by atoms with Gasteiger partial charge in [-0.15, -0.1) is 0 Å². The Hall–Kier alpha value is -2.91. The number of methoxy groups -OCH3 is 1. The zero-order valence-corrected chi connectivity index (χ0v) is 15.8. The summed E-state index contributed by atoms with van der Waals surface area (Å²) in [4.78, 5) is 21.7. The zero-order valence-electron chi connectivity index (χ0n) is 15.8. The number of benzene rings is 1. The highest BCUT2D eigenvalue weighted by atomic mass is 19.4. The number of hydrogen-bond donors (Lipinski definition) is 1. The van der Waals surface area contributed by atoms with Crippen molar-refractivity contribution in [1.29, 1.82) is 0 Å². The molecular weight excluding hydrogens is 392 g/mol. The molecule has 0 saturated carbocycles. The Labute approximate surface area is 164 Å². The number of carbonyl (C=O) groups is 1. The van der Waals surface area contributed by atoms with Crippen LogP contribution in [0.1, 0.15) is 23.5 Å². The van der Waals surface area contributed by atoms with E-state index >= 15 is 0 Å². The molecule has 10 heteroatoms. The number of ether oxygens (including phenoxy) is 1. The smallest absolute Gasteiger partial charge is 0.471 e. The maximum absolute atomic E-state index is 14.1. The first-order chi connectivity index (χ1) is 13.7. The summed E-state index contributed by atoms with van der Waals surface area (Å²) in [6.45, 7) is 2.32. The van der Waals surface area contributed by atoms with Crippen molar-refractivity contribution in [3.8, 4) is 5.75 Å². The van der Waals surface area contributed by atoms with Crippen LogP contribution >= 0.6 is 0 Å². The lowest BCUT2D eigenvalue weighted by Crippen LogP contribution is -2.54. The molecule has 1 saturated heterocycles. The van der Waals surface area contributed by atoms with Crippen LogP contribution in [0.25, 0.3) is 0 Å². The second kappa shape index (κ2) is 8.22.